The Bertz CT molecular complexity index is 550. The van der Waals surface area contributed by atoms with Crippen molar-refractivity contribution in [2.24, 2.45) is 5.41 Å². The number of alkyl halides is 4. The third-order valence-electron chi connectivity index (χ3n) is 2.47. The van der Waals surface area contributed by atoms with E-state index in [4.69, 9.17) is 0 Å². The molecule has 0 bridgehead atoms. The minimum absolute atomic E-state index is 0.349. The molecule has 108 valence electrons. The van der Waals surface area contributed by atoms with Gasteiger partial charge in [0, 0.05) is 5.33 Å². The zero-order valence-electron chi connectivity index (χ0n) is 10.5. The summed E-state index contributed by atoms with van der Waals surface area (Å²) in [7, 11) is -3.99. The van der Waals surface area contributed by atoms with Crippen LogP contribution in [0.25, 0.3) is 0 Å². The van der Waals surface area contributed by atoms with Gasteiger partial charge in [-0.15, -0.1) is 0 Å². The highest BCUT2D eigenvalue weighted by atomic mass is 79.9. The second-order valence-corrected chi connectivity index (χ2v) is 7.57. The van der Waals surface area contributed by atoms with E-state index in [0.717, 1.165) is 12.1 Å². The molecule has 0 radical (unpaired) electrons. The zero-order chi connectivity index (χ0) is 14.9. The second-order valence-electron chi connectivity index (χ2n) is 5.05. The Morgan fingerprint density at radius 3 is 2.16 bits per heavy atom. The fraction of sp³-hybridized carbons (Fsp3) is 0.500. The molecule has 0 saturated heterocycles. The first-order chi connectivity index (χ1) is 8.49. The van der Waals surface area contributed by atoms with Crippen LogP contribution in [0.3, 0.4) is 0 Å². The molecule has 0 aliphatic carbocycles. The Labute approximate surface area is 119 Å². The van der Waals surface area contributed by atoms with Gasteiger partial charge in [0.1, 0.15) is 0 Å². The first-order valence-electron chi connectivity index (χ1n) is 5.44. The lowest BCUT2D eigenvalue weighted by Crippen LogP contribution is -2.27. The summed E-state index contributed by atoms with van der Waals surface area (Å²) in [5.74, 6) is -0.349. The molecule has 19 heavy (non-hydrogen) atoms. The van der Waals surface area contributed by atoms with Crippen molar-refractivity contribution < 1.29 is 21.6 Å². The molecule has 7 heteroatoms. The van der Waals surface area contributed by atoms with E-state index in [0.29, 0.717) is 5.33 Å². The van der Waals surface area contributed by atoms with Gasteiger partial charge in [0.2, 0.25) is 0 Å². The Kier molecular flexibility index (Phi) is 4.72. The smallest absolute Gasteiger partial charge is 0.224 e. The van der Waals surface area contributed by atoms with Crippen LogP contribution in [0.4, 0.5) is 13.2 Å². The molecule has 0 amide bonds. The molecule has 1 aromatic rings. The highest BCUT2D eigenvalue weighted by Crippen LogP contribution is 2.35. The molecule has 0 unspecified atom stereocenters. The fourth-order valence-electron chi connectivity index (χ4n) is 1.60. The molecule has 1 aromatic carbocycles. The van der Waals surface area contributed by atoms with Crippen molar-refractivity contribution >= 4 is 25.8 Å². The van der Waals surface area contributed by atoms with Crippen molar-refractivity contribution in [3.63, 3.8) is 0 Å². The van der Waals surface area contributed by atoms with Gasteiger partial charge in [-0.3, -0.25) is 0 Å². The third kappa shape index (κ3) is 4.21. The van der Waals surface area contributed by atoms with E-state index in [1.807, 2.05) is 0 Å². The molecule has 0 aliphatic heterocycles. The van der Waals surface area contributed by atoms with Crippen LogP contribution in [0.1, 0.15) is 19.4 Å². The van der Waals surface area contributed by atoms with Gasteiger partial charge in [-0.05, 0) is 17.5 Å². The van der Waals surface area contributed by atoms with E-state index in [2.05, 4.69) is 15.9 Å². The van der Waals surface area contributed by atoms with Gasteiger partial charge >= 0.3 is 6.18 Å². The minimum Gasteiger partial charge on any atom is -0.224 e. The van der Waals surface area contributed by atoms with Crippen LogP contribution >= 0.6 is 15.9 Å². The van der Waals surface area contributed by atoms with Crippen LogP contribution in [0.15, 0.2) is 29.2 Å². The lowest BCUT2D eigenvalue weighted by atomic mass is 10.0. The summed E-state index contributed by atoms with van der Waals surface area (Å²) in [4.78, 5) is -0.656. The largest absolute Gasteiger partial charge is 0.417 e. The van der Waals surface area contributed by atoms with E-state index < -0.39 is 31.9 Å². The lowest BCUT2D eigenvalue weighted by Gasteiger charge is -2.22. The molecular weight excluding hydrogens is 345 g/mol. The van der Waals surface area contributed by atoms with Gasteiger partial charge in [0.05, 0.1) is 16.2 Å². The molecule has 2 nitrogen and oxygen atoms in total. The van der Waals surface area contributed by atoms with Gasteiger partial charge in [0.15, 0.2) is 9.84 Å². The number of sulfone groups is 1. The molecule has 0 heterocycles. The topological polar surface area (TPSA) is 34.1 Å². The highest BCUT2D eigenvalue weighted by molar-refractivity contribution is 9.09. The first-order valence-corrected chi connectivity index (χ1v) is 8.22. The van der Waals surface area contributed by atoms with E-state index in [1.165, 1.54) is 12.1 Å². The van der Waals surface area contributed by atoms with E-state index in [-0.39, 0.29) is 5.75 Å². The molecule has 1 rings (SSSR count). The summed E-state index contributed by atoms with van der Waals surface area (Å²) in [5, 5.41) is 0.382. The van der Waals surface area contributed by atoms with E-state index >= 15 is 0 Å². The second kappa shape index (κ2) is 5.44. The molecule has 0 atom stereocenters. The summed E-state index contributed by atoms with van der Waals surface area (Å²) in [6.45, 7) is 3.35. The summed E-state index contributed by atoms with van der Waals surface area (Å²) in [6, 6.07) is 4.26. The molecule has 0 fully saturated rings. The Hall–Kier alpha value is -0.560. The molecule has 0 aromatic heterocycles. The van der Waals surface area contributed by atoms with E-state index in [1.54, 1.807) is 13.8 Å². The van der Waals surface area contributed by atoms with Crippen LogP contribution in [-0.4, -0.2) is 19.5 Å². The minimum atomic E-state index is -4.68. The summed E-state index contributed by atoms with van der Waals surface area (Å²) in [6.07, 6.45) is -4.68. The Morgan fingerprint density at radius 2 is 1.68 bits per heavy atom. The van der Waals surface area contributed by atoms with Crippen LogP contribution in [0.5, 0.6) is 0 Å². The van der Waals surface area contributed by atoms with Gasteiger partial charge in [-0.1, -0.05) is 41.9 Å². The van der Waals surface area contributed by atoms with Crippen molar-refractivity contribution in [2.45, 2.75) is 24.9 Å². The molecule has 0 aliphatic rings. The number of halogens is 4. The summed E-state index contributed by atoms with van der Waals surface area (Å²) in [5.41, 5.74) is -1.75. The monoisotopic (exact) mass is 358 g/mol. The standard InChI is InChI=1S/C12H14BrF3O2S/c1-11(2,7-13)8-19(17,18)10-6-4-3-5-9(10)12(14,15)16/h3-6H,7-8H2,1-2H3. The fourth-order valence-corrected chi connectivity index (χ4v) is 4.15. The number of rotatable bonds is 4. The summed E-state index contributed by atoms with van der Waals surface area (Å²) >= 11 is 3.17. The average Bonchev–Trinajstić information content (AvgIpc) is 2.27. The van der Waals surface area contributed by atoms with Crippen molar-refractivity contribution in [1.82, 2.24) is 0 Å². The summed E-state index contributed by atoms with van der Waals surface area (Å²) < 4.78 is 62.8. The highest BCUT2D eigenvalue weighted by Gasteiger charge is 2.38. The van der Waals surface area contributed by atoms with Gasteiger partial charge in [-0.2, -0.15) is 13.2 Å². The Morgan fingerprint density at radius 1 is 1.16 bits per heavy atom. The predicted molar refractivity (Wildman–Crippen MR) is 71.1 cm³/mol. The lowest BCUT2D eigenvalue weighted by molar-refractivity contribution is -0.139. The number of benzene rings is 1. The van der Waals surface area contributed by atoms with Gasteiger partial charge in [-0.25, -0.2) is 8.42 Å². The maximum Gasteiger partial charge on any atom is 0.417 e. The molecule has 0 spiro atoms. The van der Waals surface area contributed by atoms with Crippen LogP contribution < -0.4 is 0 Å². The van der Waals surface area contributed by atoms with Crippen molar-refractivity contribution in [3.8, 4) is 0 Å². The van der Waals surface area contributed by atoms with Crippen molar-refractivity contribution in [3.05, 3.63) is 29.8 Å². The normalized spacial score (nSPS) is 13.6. The quantitative estimate of drug-likeness (QED) is 0.765. The number of hydrogen-bond donors (Lipinski definition) is 0. The maximum absolute atomic E-state index is 12.8. The predicted octanol–water partition coefficient (Wildman–Crippen LogP) is 3.90. The molecule has 0 N–H and O–H groups in total. The van der Waals surface area contributed by atoms with Crippen molar-refractivity contribution in [2.75, 3.05) is 11.1 Å². The van der Waals surface area contributed by atoms with Gasteiger partial charge < -0.3 is 0 Å². The van der Waals surface area contributed by atoms with Crippen LogP contribution in [0, 0.1) is 5.41 Å². The van der Waals surface area contributed by atoms with Crippen LogP contribution in [0.2, 0.25) is 0 Å². The average molecular weight is 359 g/mol. The first kappa shape index (κ1) is 16.5. The zero-order valence-corrected chi connectivity index (χ0v) is 12.9. The third-order valence-corrected chi connectivity index (χ3v) is 6.18. The molecule has 0 saturated carbocycles. The maximum atomic E-state index is 12.8. The SMILES string of the molecule is CC(C)(CBr)CS(=O)(=O)c1ccccc1C(F)(F)F. The van der Waals surface area contributed by atoms with Crippen LogP contribution in [-0.2, 0) is 16.0 Å². The van der Waals surface area contributed by atoms with Gasteiger partial charge in [0.25, 0.3) is 0 Å². The van der Waals surface area contributed by atoms with E-state index in [9.17, 15) is 21.6 Å². The molecular formula is C12H14BrF3O2S. The van der Waals surface area contributed by atoms with Crippen molar-refractivity contribution in [1.29, 1.82) is 0 Å². The Balaban J connectivity index is 3.31. The number of hydrogen-bond acceptors (Lipinski definition) is 2.